The van der Waals surface area contributed by atoms with Crippen molar-refractivity contribution in [3.8, 4) is 22.9 Å². The predicted octanol–water partition coefficient (Wildman–Crippen LogP) is 4.03. The fourth-order valence-electron chi connectivity index (χ4n) is 2.44. The van der Waals surface area contributed by atoms with Gasteiger partial charge in [-0.3, -0.25) is 0 Å². The van der Waals surface area contributed by atoms with Crippen LogP contribution in [0.2, 0.25) is 0 Å². The van der Waals surface area contributed by atoms with Crippen molar-refractivity contribution in [2.45, 2.75) is 0 Å². The zero-order valence-electron chi connectivity index (χ0n) is 15.0. The lowest BCUT2D eigenvalue weighted by atomic mass is 10.2. The molecule has 0 aliphatic heterocycles. The number of nitrogens with zero attached hydrogens (tertiary/aromatic N) is 4. The number of halogens is 1. The first-order valence-corrected chi connectivity index (χ1v) is 9.17. The monoisotopic (exact) mass is 447 g/mol. The van der Waals surface area contributed by atoms with Gasteiger partial charge in [-0.25, -0.2) is 5.10 Å². The van der Waals surface area contributed by atoms with Crippen LogP contribution in [-0.4, -0.2) is 47.4 Å². The zero-order chi connectivity index (χ0) is 19.6. The van der Waals surface area contributed by atoms with Crippen molar-refractivity contribution in [3.05, 3.63) is 51.2 Å². The number of rotatable bonds is 5. The van der Waals surface area contributed by atoms with Gasteiger partial charge in [-0.1, -0.05) is 0 Å². The van der Waals surface area contributed by atoms with Gasteiger partial charge in [0.1, 0.15) is 0 Å². The summed E-state index contributed by atoms with van der Waals surface area (Å²) in [5.74, 6) is 0.990. The summed E-state index contributed by atoms with van der Waals surface area (Å²) in [6, 6.07) is 11.3. The lowest BCUT2D eigenvalue weighted by Crippen LogP contribution is -2.08. The molecule has 2 N–H and O–H groups in total. The van der Waals surface area contributed by atoms with Crippen molar-refractivity contribution in [1.82, 2.24) is 14.9 Å². The summed E-state index contributed by atoms with van der Waals surface area (Å²) in [4.78, 5) is 2.02. The Labute approximate surface area is 170 Å². The van der Waals surface area contributed by atoms with E-state index in [2.05, 4.69) is 31.2 Å². The number of aromatic hydroxyl groups is 1. The van der Waals surface area contributed by atoms with Gasteiger partial charge in [0, 0.05) is 25.3 Å². The first kappa shape index (κ1) is 19.1. The summed E-state index contributed by atoms with van der Waals surface area (Å²) in [6.45, 7) is 0. The van der Waals surface area contributed by atoms with Crippen molar-refractivity contribution < 1.29 is 9.84 Å². The molecule has 9 heteroatoms. The third kappa shape index (κ3) is 4.04. The van der Waals surface area contributed by atoms with E-state index >= 15 is 0 Å². The normalized spacial score (nSPS) is 11.1. The lowest BCUT2D eigenvalue weighted by Gasteiger charge is -2.12. The molecule has 1 heterocycles. The lowest BCUT2D eigenvalue weighted by molar-refractivity contribution is 0.372. The van der Waals surface area contributed by atoms with Gasteiger partial charge in [-0.05, 0) is 70.1 Å². The Kier molecular flexibility index (Phi) is 5.62. The molecular weight excluding hydrogens is 430 g/mol. The highest BCUT2D eigenvalue weighted by Gasteiger charge is 2.10. The van der Waals surface area contributed by atoms with E-state index in [1.807, 2.05) is 43.3 Å². The van der Waals surface area contributed by atoms with Crippen LogP contribution in [-0.2, 0) is 0 Å². The van der Waals surface area contributed by atoms with E-state index in [9.17, 15) is 5.11 Å². The average Bonchev–Trinajstić information content (AvgIpc) is 3.03. The second-order valence-corrected chi connectivity index (χ2v) is 7.14. The molecular formula is C18H18BrN5O2S. The molecule has 1 aromatic heterocycles. The number of hydrogen-bond acceptors (Lipinski definition) is 6. The summed E-state index contributed by atoms with van der Waals surface area (Å²) >= 11 is 8.60. The van der Waals surface area contributed by atoms with Gasteiger partial charge in [0.05, 0.1) is 17.8 Å². The van der Waals surface area contributed by atoms with Crippen LogP contribution in [0.5, 0.6) is 11.5 Å². The summed E-state index contributed by atoms with van der Waals surface area (Å²) in [5, 5.41) is 21.4. The van der Waals surface area contributed by atoms with Crippen molar-refractivity contribution in [2.75, 3.05) is 26.1 Å². The minimum absolute atomic E-state index is 0.0382. The fraction of sp³-hybridized carbons (Fsp3) is 0.167. The largest absolute Gasteiger partial charge is 0.503 e. The molecule has 0 amide bonds. The molecule has 0 saturated carbocycles. The zero-order valence-corrected chi connectivity index (χ0v) is 17.4. The number of benzene rings is 2. The predicted molar refractivity (Wildman–Crippen MR) is 113 cm³/mol. The maximum atomic E-state index is 9.92. The number of aromatic nitrogens is 3. The summed E-state index contributed by atoms with van der Waals surface area (Å²) < 4.78 is 7.60. The van der Waals surface area contributed by atoms with Gasteiger partial charge in [0.2, 0.25) is 4.77 Å². The molecule has 0 saturated heterocycles. The third-order valence-corrected chi connectivity index (χ3v) is 4.75. The summed E-state index contributed by atoms with van der Waals surface area (Å²) in [5.41, 5.74) is 2.70. The summed E-state index contributed by atoms with van der Waals surface area (Å²) in [7, 11) is 5.46. The van der Waals surface area contributed by atoms with Crippen LogP contribution < -0.4 is 9.64 Å². The minimum Gasteiger partial charge on any atom is -0.503 e. The Bertz CT molecular complexity index is 1040. The minimum atomic E-state index is 0.0382. The average molecular weight is 448 g/mol. The van der Waals surface area contributed by atoms with E-state index in [1.54, 1.807) is 23.0 Å². The van der Waals surface area contributed by atoms with Crippen molar-refractivity contribution in [2.24, 2.45) is 5.10 Å². The number of methoxy groups -OCH3 is 1. The van der Waals surface area contributed by atoms with Gasteiger partial charge < -0.3 is 14.7 Å². The number of phenolic OH excluding ortho intramolecular Hbond substituents is 1. The second kappa shape index (κ2) is 7.93. The van der Waals surface area contributed by atoms with E-state index in [0.717, 1.165) is 16.8 Å². The van der Waals surface area contributed by atoms with Crippen LogP contribution in [0.15, 0.2) is 46.0 Å². The van der Waals surface area contributed by atoms with Crippen LogP contribution >= 0.6 is 28.1 Å². The number of nitrogens with one attached hydrogen (secondary N) is 1. The number of ether oxygens (including phenoxy) is 1. The summed E-state index contributed by atoms with van der Waals surface area (Å²) in [6.07, 6.45) is 1.62. The fourth-order valence-corrected chi connectivity index (χ4v) is 3.08. The molecule has 0 atom stereocenters. The van der Waals surface area contributed by atoms with Crippen LogP contribution in [0.3, 0.4) is 0 Å². The molecule has 0 aliphatic rings. The van der Waals surface area contributed by atoms with Crippen LogP contribution in [0, 0.1) is 4.77 Å². The Morgan fingerprint density at radius 2 is 2.00 bits per heavy atom. The van der Waals surface area contributed by atoms with E-state index in [0.29, 0.717) is 20.8 Å². The highest BCUT2D eigenvalue weighted by Crippen LogP contribution is 2.34. The number of phenols is 1. The van der Waals surface area contributed by atoms with E-state index in [-0.39, 0.29) is 5.75 Å². The van der Waals surface area contributed by atoms with Gasteiger partial charge >= 0.3 is 0 Å². The third-order valence-electron chi connectivity index (χ3n) is 3.89. The van der Waals surface area contributed by atoms with Crippen LogP contribution in [0.4, 0.5) is 5.69 Å². The van der Waals surface area contributed by atoms with Crippen LogP contribution in [0.1, 0.15) is 5.56 Å². The molecule has 0 unspecified atom stereocenters. The van der Waals surface area contributed by atoms with Crippen molar-refractivity contribution >= 4 is 40.0 Å². The second-order valence-electron chi connectivity index (χ2n) is 5.90. The smallest absolute Gasteiger partial charge is 0.216 e. The first-order chi connectivity index (χ1) is 12.9. The molecule has 0 bridgehead atoms. The quantitative estimate of drug-likeness (QED) is 0.455. The van der Waals surface area contributed by atoms with Gasteiger partial charge in [0.25, 0.3) is 0 Å². The maximum Gasteiger partial charge on any atom is 0.216 e. The standard InChI is InChI=1S/C18H18BrN5O2S/c1-23(2)13-6-4-12(5-7-13)17-21-22-18(27)24(17)20-10-11-8-14(19)16(25)15(9-11)26-3/h4-10,25H,1-3H3,(H,22,27). The van der Waals surface area contributed by atoms with E-state index in [1.165, 1.54) is 7.11 Å². The molecule has 0 fully saturated rings. The molecule has 0 spiro atoms. The maximum absolute atomic E-state index is 9.92. The Balaban J connectivity index is 1.97. The molecule has 27 heavy (non-hydrogen) atoms. The topological polar surface area (TPSA) is 78.7 Å². The highest BCUT2D eigenvalue weighted by molar-refractivity contribution is 9.10. The first-order valence-electron chi connectivity index (χ1n) is 7.96. The Hall–Kier alpha value is -2.65. The highest BCUT2D eigenvalue weighted by atomic mass is 79.9. The molecule has 3 aromatic rings. The molecule has 0 radical (unpaired) electrons. The molecule has 0 aliphatic carbocycles. The van der Waals surface area contributed by atoms with Crippen molar-refractivity contribution in [1.29, 1.82) is 0 Å². The van der Waals surface area contributed by atoms with Crippen LogP contribution in [0.25, 0.3) is 11.4 Å². The number of anilines is 1. The molecule has 140 valence electrons. The molecule has 7 nitrogen and oxygen atoms in total. The van der Waals surface area contributed by atoms with E-state index in [4.69, 9.17) is 17.0 Å². The Morgan fingerprint density at radius 1 is 1.30 bits per heavy atom. The number of H-pyrrole nitrogens is 1. The number of hydrogen-bond donors (Lipinski definition) is 2. The van der Waals surface area contributed by atoms with Crippen molar-refractivity contribution in [3.63, 3.8) is 0 Å². The molecule has 2 aromatic carbocycles. The van der Waals surface area contributed by atoms with E-state index < -0.39 is 0 Å². The van der Waals surface area contributed by atoms with Gasteiger partial charge in [-0.2, -0.15) is 14.9 Å². The van der Waals surface area contributed by atoms with Gasteiger partial charge in [-0.15, -0.1) is 0 Å². The van der Waals surface area contributed by atoms with Gasteiger partial charge in [0.15, 0.2) is 17.3 Å². The molecule has 3 rings (SSSR count). The SMILES string of the molecule is COc1cc(C=Nn2c(-c3ccc(N(C)C)cc3)n[nH]c2=S)cc(Br)c1O. The Morgan fingerprint density at radius 3 is 2.63 bits per heavy atom. The number of aromatic amines is 1.